The van der Waals surface area contributed by atoms with Crippen LogP contribution in [-0.4, -0.2) is 34.8 Å². The minimum absolute atomic E-state index is 0.0491. The standard InChI is InChI=1S/C9H10N4O2/c1-3-12-8(10-2)6-15-9(14)13-5-4-11-7-13/h3-5,7H,1-2,6H2. The first-order chi connectivity index (χ1) is 7.27. The maximum absolute atomic E-state index is 11.3. The molecule has 0 unspecified atom stereocenters. The van der Waals surface area contributed by atoms with E-state index in [1.165, 1.54) is 29.5 Å². The van der Waals surface area contributed by atoms with Gasteiger partial charge in [0.2, 0.25) is 0 Å². The van der Waals surface area contributed by atoms with Crippen LogP contribution in [0.4, 0.5) is 4.79 Å². The number of amidine groups is 1. The van der Waals surface area contributed by atoms with Gasteiger partial charge in [-0.1, -0.05) is 6.58 Å². The third-order valence-electron chi connectivity index (χ3n) is 1.46. The van der Waals surface area contributed by atoms with Crippen LogP contribution in [0, 0.1) is 0 Å². The van der Waals surface area contributed by atoms with Crippen molar-refractivity contribution in [2.75, 3.05) is 6.61 Å². The quantitative estimate of drug-likeness (QED) is 0.549. The van der Waals surface area contributed by atoms with Crippen molar-refractivity contribution in [3.63, 3.8) is 0 Å². The average Bonchev–Trinajstić information content (AvgIpc) is 2.77. The van der Waals surface area contributed by atoms with Crippen molar-refractivity contribution in [2.24, 2.45) is 9.98 Å². The van der Waals surface area contributed by atoms with Gasteiger partial charge >= 0.3 is 6.09 Å². The van der Waals surface area contributed by atoms with Crippen LogP contribution in [0.25, 0.3) is 0 Å². The Balaban J connectivity index is 2.50. The van der Waals surface area contributed by atoms with E-state index in [0.29, 0.717) is 5.84 Å². The van der Waals surface area contributed by atoms with Gasteiger partial charge in [-0.2, -0.15) is 0 Å². The molecular formula is C9H10N4O2. The molecule has 0 N–H and O–H groups in total. The molecule has 0 aliphatic heterocycles. The van der Waals surface area contributed by atoms with Crippen molar-refractivity contribution in [1.29, 1.82) is 0 Å². The fraction of sp³-hybridized carbons (Fsp3) is 0.111. The van der Waals surface area contributed by atoms with Crippen LogP contribution >= 0.6 is 0 Å². The summed E-state index contributed by atoms with van der Waals surface area (Å²) >= 11 is 0. The van der Waals surface area contributed by atoms with Crippen LogP contribution in [0.1, 0.15) is 0 Å². The van der Waals surface area contributed by atoms with E-state index in [2.05, 4.69) is 28.3 Å². The molecule has 0 radical (unpaired) electrons. The topological polar surface area (TPSA) is 68.8 Å². The predicted octanol–water partition coefficient (Wildman–Crippen LogP) is 1.11. The van der Waals surface area contributed by atoms with Crippen molar-refractivity contribution in [2.45, 2.75) is 0 Å². The van der Waals surface area contributed by atoms with Gasteiger partial charge in [-0.25, -0.2) is 24.3 Å². The highest BCUT2D eigenvalue weighted by atomic mass is 16.5. The molecule has 1 aromatic heterocycles. The fourth-order valence-electron chi connectivity index (χ4n) is 0.797. The summed E-state index contributed by atoms with van der Waals surface area (Å²) in [5.41, 5.74) is 0. The third-order valence-corrected chi connectivity index (χ3v) is 1.46. The number of imidazole rings is 1. The molecule has 6 nitrogen and oxygen atoms in total. The van der Waals surface area contributed by atoms with Gasteiger partial charge in [0.1, 0.15) is 6.33 Å². The Morgan fingerprint density at radius 2 is 2.47 bits per heavy atom. The molecule has 1 heterocycles. The molecule has 0 saturated carbocycles. The summed E-state index contributed by atoms with van der Waals surface area (Å²) in [6.07, 6.45) is 5.05. The number of aliphatic imine (C=N–C) groups is 2. The number of carbonyl (C=O) groups is 1. The molecule has 1 aromatic rings. The maximum atomic E-state index is 11.3. The maximum Gasteiger partial charge on any atom is 0.419 e. The Kier molecular flexibility index (Phi) is 3.96. The number of carbonyl (C=O) groups excluding carboxylic acids is 1. The Labute approximate surface area is 86.6 Å². The van der Waals surface area contributed by atoms with Crippen molar-refractivity contribution >= 4 is 18.6 Å². The Hall–Kier alpha value is -2.24. The molecule has 15 heavy (non-hydrogen) atoms. The summed E-state index contributed by atoms with van der Waals surface area (Å²) in [5, 5.41) is 0. The van der Waals surface area contributed by atoms with Crippen LogP contribution in [0.5, 0.6) is 0 Å². The SMILES string of the molecule is C=CN=C(COC(=O)n1ccnc1)N=C. The Morgan fingerprint density at radius 3 is 3.00 bits per heavy atom. The second kappa shape index (κ2) is 5.48. The highest BCUT2D eigenvalue weighted by Crippen LogP contribution is 1.91. The lowest BCUT2D eigenvalue weighted by atomic mass is 10.6. The van der Waals surface area contributed by atoms with Gasteiger partial charge in [-0.15, -0.1) is 0 Å². The largest absolute Gasteiger partial charge is 0.441 e. The summed E-state index contributed by atoms with van der Waals surface area (Å²) in [6.45, 7) is 6.63. The van der Waals surface area contributed by atoms with Gasteiger partial charge in [0.05, 0.1) is 0 Å². The average molecular weight is 206 g/mol. The summed E-state index contributed by atoms with van der Waals surface area (Å²) in [7, 11) is 0. The van der Waals surface area contributed by atoms with Gasteiger partial charge in [-0.05, 0) is 6.72 Å². The van der Waals surface area contributed by atoms with Crippen molar-refractivity contribution in [3.8, 4) is 0 Å². The molecule has 78 valence electrons. The van der Waals surface area contributed by atoms with Gasteiger partial charge in [0.15, 0.2) is 12.4 Å². The van der Waals surface area contributed by atoms with Gasteiger partial charge < -0.3 is 4.74 Å². The molecule has 0 aliphatic carbocycles. The van der Waals surface area contributed by atoms with Crippen molar-refractivity contribution in [3.05, 3.63) is 31.5 Å². The van der Waals surface area contributed by atoms with E-state index in [1.807, 2.05) is 0 Å². The van der Waals surface area contributed by atoms with E-state index < -0.39 is 6.09 Å². The lowest BCUT2D eigenvalue weighted by Crippen LogP contribution is -2.16. The van der Waals surface area contributed by atoms with E-state index in [1.54, 1.807) is 0 Å². The zero-order chi connectivity index (χ0) is 11.1. The van der Waals surface area contributed by atoms with E-state index in [4.69, 9.17) is 4.74 Å². The number of nitrogens with zero attached hydrogens (tertiary/aromatic N) is 4. The summed E-state index contributed by atoms with van der Waals surface area (Å²) in [5.74, 6) is 0.290. The van der Waals surface area contributed by atoms with E-state index in [-0.39, 0.29) is 6.61 Å². The van der Waals surface area contributed by atoms with Crippen LogP contribution in [0.15, 0.2) is 41.5 Å². The first kappa shape index (κ1) is 10.8. The highest BCUT2D eigenvalue weighted by molar-refractivity contribution is 5.89. The third kappa shape index (κ3) is 3.18. The van der Waals surface area contributed by atoms with E-state index >= 15 is 0 Å². The van der Waals surface area contributed by atoms with Crippen molar-refractivity contribution in [1.82, 2.24) is 9.55 Å². The number of rotatable bonds is 3. The van der Waals surface area contributed by atoms with E-state index in [0.717, 1.165) is 0 Å². The van der Waals surface area contributed by atoms with Crippen LogP contribution < -0.4 is 0 Å². The first-order valence-electron chi connectivity index (χ1n) is 4.07. The number of hydrogen-bond donors (Lipinski definition) is 0. The normalized spacial score (nSPS) is 10.8. The smallest absolute Gasteiger partial charge is 0.419 e. The zero-order valence-electron chi connectivity index (χ0n) is 8.04. The summed E-state index contributed by atoms with van der Waals surface area (Å²) in [6, 6.07) is 0. The Morgan fingerprint density at radius 1 is 1.67 bits per heavy atom. The second-order valence-corrected chi connectivity index (χ2v) is 2.41. The number of ether oxygens (including phenoxy) is 1. The van der Waals surface area contributed by atoms with Gasteiger partial charge in [0, 0.05) is 18.6 Å². The zero-order valence-corrected chi connectivity index (χ0v) is 8.04. The lowest BCUT2D eigenvalue weighted by molar-refractivity contribution is 0.163. The number of hydrogen-bond acceptors (Lipinski definition) is 4. The minimum Gasteiger partial charge on any atom is -0.441 e. The predicted molar refractivity (Wildman–Crippen MR) is 56.2 cm³/mol. The monoisotopic (exact) mass is 206 g/mol. The first-order valence-corrected chi connectivity index (χ1v) is 4.07. The molecule has 0 aromatic carbocycles. The summed E-state index contributed by atoms with van der Waals surface area (Å²) in [4.78, 5) is 22.3. The molecule has 0 spiro atoms. The van der Waals surface area contributed by atoms with Gasteiger partial charge in [0.25, 0.3) is 0 Å². The fourth-order valence-corrected chi connectivity index (χ4v) is 0.797. The lowest BCUT2D eigenvalue weighted by Gasteiger charge is -2.03. The Bertz CT molecular complexity index is 381. The number of aromatic nitrogens is 2. The molecule has 0 atom stereocenters. The molecule has 0 fully saturated rings. The van der Waals surface area contributed by atoms with Crippen molar-refractivity contribution < 1.29 is 9.53 Å². The molecule has 6 heteroatoms. The molecule has 0 aliphatic rings. The highest BCUT2D eigenvalue weighted by Gasteiger charge is 2.05. The minimum atomic E-state index is -0.548. The molecule has 0 bridgehead atoms. The second-order valence-electron chi connectivity index (χ2n) is 2.41. The molecule has 0 amide bonds. The van der Waals surface area contributed by atoms with E-state index in [9.17, 15) is 4.79 Å². The summed E-state index contributed by atoms with van der Waals surface area (Å²) < 4.78 is 6.07. The van der Waals surface area contributed by atoms with Crippen LogP contribution in [0.2, 0.25) is 0 Å². The molecule has 0 saturated heterocycles. The van der Waals surface area contributed by atoms with Crippen LogP contribution in [-0.2, 0) is 4.74 Å². The molecule has 1 rings (SSSR count). The van der Waals surface area contributed by atoms with Gasteiger partial charge in [-0.3, -0.25) is 0 Å². The van der Waals surface area contributed by atoms with Crippen LogP contribution in [0.3, 0.4) is 0 Å². The molecular weight excluding hydrogens is 196 g/mol.